The second-order valence-electron chi connectivity index (χ2n) is 11.7. The molecule has 0 saturated heterocycles. The smallest absolute Gasteiger partial charge is 0.152 e. The quantitative estimate of drug-likeness (QED) is 0.135. The molecule has 0 amide bonds. The number of pyridine rings is 1. The van der Waals surface area contributed by atoms with Crippen molar-refractivity contribution in [1.29, 1.82) is 0 Å². The number of carbonyl (C=O) groups excluding carboxylic acids is 1. The molecule has 5 nitrogen and oxygen atoms in total. The maximum absolute atomic E-state index is 10.3. The number of hydrogen-bond donors (Lipinski definition) is 1. The number of carbonyl (C=O) groups is 1. The number of anilines is 1. The largest absolute Gasteiger partial charge is 0.382 e. The van der Waals surface area contributed by atoms with Gasteiger partial charge in [0.05, 0.1) is 11.0 Å². The van der Waals surface area contributed by atoms with Crippen molar-refractivity contribution in [3.05, 3.63) is 65.5 Å². The lowest BCUT2D eigenvalue weighted by atomic mass is 10.1. The van der Waals surface area contributed by atoms with Gasteiger partial charge in [0.2, 0.25) is 0 Å². The van der Waals surface area contributed by atoms with E-state index in [1.54, 1.807) is 6.92 Å². The first kappa shape index (κ1) is 39.8. The number of aryl methyl sites for hydroxylation is 2. The van der Waals surface area contributed by atoms with Crippen LogP contribution in [0.2, 0.25) is 0 Å². The van der Waals surface area contributed by atoms with Gasteiger partial charge in [0.15, 0.2) is 5.82 Å². The molecule has 0 saturated carbocycles. The molecule has 0 aliphatic heterocycles. The van der Waals surface area contributed by atoms with Gasteiger partial charge in [-0.25, -0.2) is 9.97 Å². The van der Waals surface area contributed by atoms with Crippen molar-refractivity contribution >= 4 is 33.5 Å². The van der Waals surface area contributed by atoms with E-state index in [1.807, 2.05) is 26.0 Å². The standard InChI is InChI=1S/C23H26N4.C8H18.C7H14O.C2H6/c1-3-5-10-20-26-21-22(18-8-6-7-9-19(18)25-23(21)24)27(20)15-17-13-11-16(4-2)12-14-17;1-3-5-7-8-6-4-2;1-3-4-5-6-7(2)8;1-2/h6-9,11-14H,3-5,10,15H2,1-2H3,(H2,24,25);3-8H2,1-2H3;3-6H2,1-2H3;1-2H3. The van der Waals surface area contributed by atoms with Crippen molar-refractivity contribution in [2.75, 3.05) is 5.73 Å². The maximum Gasteiger partial charge on any atom is 0.152 e. The molecule has 0 radical (unpaired) electrons. The minimum absolute atomic E-state index is 0.318. The Kier molecular flexibility index (Phi) is 21.3. The molecule has 2 N–H and O–H groups in total. The van der Waals surface area contributed by atoms with Crippen molar-refractivity contribution in [2.24, 2.45) is 0 Å². The second-order valence-corrected chi connectivity index (χ2v) is 11.7. The fourth-order valence-electron chi connectivity index (χ4n) is 5.14. The van der Waals surface area contributed by atoms with Gasteiger partial charge in [-0.15, -0.1) is 0 Å². The van der Waals surface area contributed by atoms with Crippen LogP contribution in [0, 0.1) is 0 Å². The summed E-state index contributed by atoms with van der Waals surface area (Å²) in [6.45, 7) is 17.5. The zero-order valence-electron chi connectivity index (χ0n) is 30.1. The van der Waals surface area contributed by atoms with Crippen molar-refractivity contribution in [3.63, 3.8) is 0 Å². The molecule has 0 aliphatic rings. The highest BCUT2D eigenvalue weighted by atomic mass is 16.1. The predicted octanol–water partition coefficient (Wildman–Crippen LogP) is 11.7. The van der Waals surface area contributed by atoms with Crippen LogP contribution in [-0.4, -0.2) is 20.3 Å². The molecule has 45 heavy (non-hydrogen) atoms. The number of ketones is 1. The molecule has 2 heterocycles. The van der Waals surface area contributed by atoms with Crippen molar-refractivity contribution in [2.45, 2.75) is 152 Å². The Morgan fingerprint density at radius 1 is 0.711 bits per heavy atom. The molecule has 4 aromatic rings. The van der Waals surface area contributed by atoms with Crippen LogP contribution >= 0.6 is 0 Å². The van der Waals surface area contributed by atoms with Crippen LogP contribution in [0.4, 0.5) is 5.82 Å². The van der Waals surface area contributed by atoms with E-state index in [4.69, 9.17) is 10.7 Å². The van der Waals surface area contributed by atoms with Crippen LogP contribution in [0.5, 0.6) is 0 Å². The van der Waals surface area contributed by atoms with Gasteiger partial charge in [-0.1, -0.05) is 149 Å². The molecule has 4 rings (SSSR count). The molecule has 0 spiro atoms. The summed E-state index contributed by atoms with van der Waals surface area (Å²) in [5.41, 5.74) is 11.8. The Morgan fingerprint density at radius 2 is 1.27 bits per heavy atom. The number of fused-ring (bicyclic) bond motifs is 3. The molecule has 0 atom stereocenters. The number of nitrogen functional groups attached to an aromatic ring is 1. The van der Waals surface area contributed by atoms with Gasteiger partial charge in [0.25, 0.3) is 0 Å². The number of nitrogens with zero attached hydrogens (tertiary/aromatic N) is 3. The molecule has 5 heteroatoms. The minimum Gasteiger partial charge on any atom is -0.382 e. The molecular weight excluding hydrogens is 552 g/mol. The van der Waals surface area contributed by atoms with E-state index >= 15 is 0 Å². The normalized spacial score (nSPS) is 10.4. The lowest BCUT2D eigenvalue weighted by molar-refractivity contribution is -0.117. The predicted molar refractivity (Wildman–Crippen MR) is 198 cm³/mol. The lowest BCUT2D eigenvalue weighted by Gasteiger charge is -2.11. The summed E-state index contributed by atoms with van der Waals surface area (Å²) >= 11 is 0. The molecule has 250 valence electrons. The van der Waals surface area contributed by atoms with E-state index < -0.39 is 0 Å². The molecule has 0 fully saturated rings. The number of benzene rings is 2. The SMILES string of the molecule is CC.CCCCCC(C)=O.CCCCCCCC.CCCCc1nc2c(N)nc3ccccc3c2n1Cc1ccc(CC)cc1. The van der Waals surface area contributed by atoms with Gasteiger partial charge in [-0.3, -0.25) is 0 Å². The second kappa shape index (κ2) is 24.1. The van der Waals surface area contributed by atoms with Crippen molar-refractivity contribution < 1.29 is 4.79 Å². The molecule has 2 aromatic heterocycles. The van der Waals surface area contributed by atoms with E-state index in [1.165, 1.54) is 62.5 Å². The number of aromatic nitrogens is 3. The summed E-state index contributed by atoms with van der Waals surface area (Å²) in [6.07, 6.45) is 17.0. The minimum atomic E-state index is 0.318. The number of hydrogen-bond acceptors (Lipinski definition) is 4. The average Bonchev–Trinajstić information content (AvgIpc) is 3.43. The topological polar surface area (TPSA) is 73.8 Å². The van der Waals surface area contributed by atoms with E-state index in [2.05, 4.69) is 80.6 Å². The number of imidazole rings is 1. The fourth-order valence-corrected chi connectivity index (χ4v) is 5.14. The molecule has 0 unspecified atom stereocenters. The zero-order valence-corrected chi connectivity index (χ0v) is 30.1. The number of nitrogens with two attached hydrogens (primary N) is 1. The molecule has 2 aromatic carbocycles. The van der Waals surface area contributed by atoms with Crippen LogP contribution in [0.15, 0.2) is 48.5 Å². The van der Waals surface area contributed by atoms with Crippen LogP contribution in [-0.2, 0) is 24.2 Å². The van der Waals surface area contributed by atoms with Gasteiger partial charge in [0, 0.05) is 24.8 Å². The van der Waals surface area contributed by atoms with Gasteiger partial charge >= 0.3 is 0 Å². The Morgan fingerprint density at radius 3 is 1.82 bits per heavy atom. The van der Waals surface area contributed by atoms with E-state index in [0.29, 0.717) is 11.6 Å². The number of Topliss-reactive ketones (excluding diaryl/α,β-unsaturated/α-hetero) is 1. The third kappa shape index (κ3) is 14.2. The first-order chi connectivity index (χ1) is 21.9. The summed E-state index contributed by atoms with van der Waals surface area (Å²) < 4.78 is 2.34. The number of rotatable bonds is 15. The first-order valence-corrected chi connectivity index (χ1v) is 18.0. The van der Waals surface area contributed by atoms with Crippen LogP contribution in [0.25, 0.3) is 21.9 Å². The number of para-hydroxylation sites is 1. The maximum atomic E-state index is 10.3. The summed E-state index contributed by atoms with van der Waals surface area (Å²) in [6, 6.07) is 17.1. The zero-order chi connectivity index (χ0) is 33.5. The monoisotopic (exact) mass is 617 g/mol. The first-order valence-electron chi connectivity index (χ1n) is 18.0. The van der Waals surface area contributed by atoms with E-state index in [0.717, 1.165) is 72.8 Å². The van der Waals surface area contributed by atoms with Crippen molar-refractivity contribution in [1.82, 2.24) is 14.5 Å². The average molecular weight is 617 g/mol. The van der Waals surface area contributed by atoms with Gasteiger partial charge in [-0.05, 0) is 43.4 Å². The van der Waals surface area contributed by atoms with Gasteiger partial charge in [-0.2, -0.15) is 0 Å². The van der Waals surface area contributed by atoms with Gasteiger partial charge < -0.3 is 15.1 Å². The van der Waals surface area contributed by atoms with Crippen LogP contribution in [0.3, 0.4) is 0 Å². The molecule has 0 bridgehead atoms. The molecule has 0 aliphatic carbocycles. The van der Waals surface area contributed by atoms with Crippen molar-refractivity contribution in [3.8, 4) is 0 Å². The third-order valence-electron chi connectivity index (χ3n) is 7.80. The summed E-state index contributed by atoms with van der Waals surface area (Å²) in [5.74, 6) is 1.93. The summed E-state index contributed by atoms with van der Waals surface area (Å²) in [4.78, 5) is 19.8. The number of unbranched alkanes of at least 4 members (excludes halogenated alkanes) is 8. The van der Waals surface area contributed by atoms with Crippen LogP contribution < -0.4 is 5.73 Å². The third-order valence-corrected chi connectivity index (χ3v) is 7.80. The van der Waals surface area contributed by atoms with E-state index in [9.17, 15) is 4.79 Å². The highest BCUT2D eigenvalue weighted by Crippen LogP contribution is 2.30. The Bertz CT molecular complexity index is 1330. The highest BCUT2D eigenvalue weighted by molar-refractivity contribution is 6.06. The van der Waals surface area contributed by atoms with E-state index in [-0.39, 0.29) is 0 Å². The highest BCUT2D eigenvalue weighted by Gasteiger charge is 2.17. The Balaban J connectivity index is 0.000000465. The molecular formula is C40H64N4O. The lowest BCUT2D eigenvalue weighted by Crippen LogP contribution is -2.06. The summed E-state index contributed by atoms with van der Waals surface area (Å²) in [7, 11) is 0. The van der Waals surface area contributed by atoms with Gasteiger partial charge in [0.1, 0.15) is 17.1 Å². The Labute approximate surface area is 275 Å². The van der Waals surface area contributed by atoms with Crippen LogP contribution in [0.1, 0.15) is 149 Å². The fraction of sp³-hybridized carbons (Fsp3) is 0.575. The Hall–Kier alpha value is -3.21. The summed E-state index contributed by atoms with van der Waals surface area (Å²) in [5, 5.41) is 1.11.